The van der Waals surface area contributed by atoms with Crippen LogP contribution in [0.2, 0.25) is 0 Å². The molecule has 0 radical (unpaired) electrons. The van der Waals surface area contributed by atoms with Crippen LogP contribution in [-0.4, -0.2) is 17.4 Å². The molecule has 1 unspecified atom stereocenters. The zero-order valence-corrected chi connectivity index (χ0v) is 11.9. The Bertz CT molecular complexity index is 403. The molecule has 1 aromatic rings. The summed E-state index contributed by atoms with van der Waals surface area (Å²) < 4.78 is 1.03. The van der Waals surface area contributed by atoms with Crippen LogP contribution < -0.4 is 0 Å². The van der Waals surface area contributed by atoms with E-state index in [4.69, 9.17) is 0 Å². The molecule has 1 atom stereocenters. The zero-order chi connectivity index (χ0) is 12.8. The standard InChI is InChI=1S/C14H18BrNO/c1-4-10-16(14(17)5-2)11(3)12-8-6-7-9-13(12)15/h5-9,11H,2,4,10H2,1,3H3. The van der Waals surface area contributed by atoms with Gasteiger partial charge in [0.1, 0.15) is 0 Å². The number of nitrogens with zero attached hydrogens (tertiary/aromatic N) is 1. The van der Waals surface area contributed by atoms with Gasteiger partial charge in [-0.2, -0.15) is 0 Å². The molecule has 1 amide bonds. The molecule has 0 bridgehead atoms. The van der Waals surface area contributed by atoms with Crippen LogP contribution in [0, 0.1) is 0 Å². The molecule has 0 N–H and O–H groups in total. The summed E-state index contributed by atoms with van der Waals surface area (Å²) in [6, 6.07) is 8.04. The Balaban J connectivity index is 2.99. The van der Waals surface area contributed by atoms with E-state index < -0.39 is 0 Å². The zero-order valence-electron chi connectivity index (χ0n) is 10.3. The lowest BCUT2D eigenvalue weighted by atomic mass is 10.1. The first-order valence-electron chi connectivity index (χ1n) is 5.79. The minimum atomic E-state index is -0.0184. The molecule has 0 aliphatic heterocycles. The fourth-order valence-electron chi connectivity index (χ4n) is 1.83. The summed E-state index contributed by atoms with van der Waals surface area (Å²) in [5, 5.41) is 0. The van der Waals surface area contributed by atoms with Crippen LogP contribution in [0.1, 0.15) is 31.9 Å². The summed E-state index contributed by atoms with van der Waals surface area (Å²) in [7, 11) is 0. The van der Waals surface area contributed by atoms with Crippen LogP contribution in [0.25, 0.3) is 0 Å². The minimum absolute atomic E-state index is 0.0184. The molecule has 0 aromatic heterocycles. The number of carbonyl (C=O) groups is 1. The van der Waals surface area contributed by atoms with Crippen LogP contribution in [-0.2, 0) is 4.79 Å². The van der Waals surface area contributed by atoms with Gasteiger partial charge in [-0.05, 0) is 31.1 Å². The molecular weight excluding hydrogens is 278 g/mol. The van der Waals surface area contributed by atoms with Crippen LogP contribution in [0.15, 0.2) is 41.4 Å². The Morgan fingerprint density at radius 2 is 2.18 bits per heavy atom. The second-order valence-corrected chi connectivity index (χ2v) is 4.79. The first-order valence-corrected chi connectivity index (χ1v) is 6.58. The van der Waals surface area contributed by atoms with Crippen LogP contribution in [0.5, 0.6) is 0 Å². The molecule has 0 aliphatic rings. The van der Waals surface area contributed by atoms with Crippen molar-refractivity contribution in [2.75, 3.05) is 6.54 Å². The third-order valence-electron chi connectivity index (χ3n) is 2.75. The van der Waals surface area contributed by atoms with Crippen molar-refractivity contribution < 1.29 is 4.79 Å². The first kappa shape index (κ1) is 14.0. The van der Waals surface area contributed by atoms with Gasteiger partial charge >= 0.3 is 0 Å². The maximum atomic E-state index is 11.8. The summed E-state index contributed by atoms with van der Waals surface area (Å²) >= 11 is 3.52. The van der Waals surface area contributed by atoms with E-state index in [0.29, 0.717) is 0 Å². The predicted octanol–water partition coefficient (Wildman–Crippen LogP) is 3.93. The number of carbonyl (C=O) groups excluding carboxylic acids is 1. The van der Waals surface area contributed by atoms with Crippen molar-refractivity contribution in [1.82, 2.24) is 4.90 Å². The van der Waals surface area contributed by atoms with E-state index in [0.717, 1.165) is 23.0 Å². The van der Waals surface area contributed by atoms with Gasteiger partial charge < -0.3 is 4.90 Å². The van der Waals surface area contributed by atoms with Crippen molar-refractivity contribution in [2.45, 2.75) is 26.3 Å². The molecule has 0 saturated heterocycles. The van der Waals surface area contributed by atoms with Gasteiger partial charge in [0.25, 0.3) is 0 Å². The van der Waals surface area contributed by atoms with Gasteiger partial charge in [-0.15, -0.1) is 0 Å². The maximum Gasteiger partial charge on any atom is 0.246 e. The van der Waals surface area contributed by atoms with Crippen molar-refractivity contribution in [2.24, 2.45) is 0 Å². The molecule has 2 nitrogen and oxygen atoms in total. The van der Waals surface area contributed by atoms with E-state index >= 15 is 0 Å². The number of halogens is 1. The second kappa shape index (κ2) is 6.60. The van der Waals surface area contributed by atoms with Crippen molar-refractivity contribution in [3.63, 3.8) is 0 Å². The van der Waals surface area contributed by atoms with Gasteiger partial charge in [-0.25, -0.2) is 0 Å². The fourth-order valence-corrected chi connectivity index (χ4v) is 2.45. The summed E-state index contributed by atoms with van der Waals surface area (Å²) in [5.74, 6) is -0.0184. The lowest BCUT2D eigenvalue weighted by Gasteiger charge is -2.29. The second-order valence-electron chi connectivity index (χ2n) is 3.93. The largest absolute Gasteiger partial charge is 0.332 e. The lowest BCUT2D eigenvalue weighted by Crippen LogP contribution is -2.33. The van der Waals surface area contributed by atoms with E-state index in [1.165, 1.54) is 6.08 Å². The number of hydrogen-bond donors (Lipinski definition) is 0. The van der Waals surface area contributed by atoms with Crippen LogP contribution >= 0.6 is 15.9 Å². The highest BCUT2D eigenvalue weighted by Crippen LogP contribution is 2.27. The number of hydrogen-bond acceptors (Lipinski definition) is 1. The molecule has 17 heavy (non-hydrogen) atoms. The molecular formula is C14H18BrNO. The van der Waals surface area contributed by atoms with Gasteiger partial charge in [0.05, 0.1) is 6.04 Å². The highest BCUT2D eigenvalue weighted by atomic mass is 79.9. The quantitative estimate of drug-likeness (QED) is 0.754. The highest BCUT2D eigenvalue weighted by Gasteiger charge is 2.19. The van der Waals surface area contributed by atoms with Gasteiger partial charge in [0, 0.05) is 11.0 Å². The van der Waals surface area contributed by atoms with E-state index in [1.54, 1.807) is 0 Å². The Labute approximate surface area is 111 Å². The van der Waals surface area contributed by atoms with E-state index in [-0.39, 0.29) is 11.9 Å². The maximum absolute atomic E-state index is 11.8. The Morgan fingerprint density at radius 3 is 2.71 bits per heavy atom. The van der Waals surface area contributed by atoms with Gasteiger partial charge in [0.2, 0.25) is 5.91 Å². The van der Waals surface area contributed by atoms with Gasteiger partial charge in [0.15, 0.2) is 0 Å². The average molecular weight is 296 g/mol. The average Bonchev–Trinajstić information content (AvgIpc) is 2.35. The van der Waals surface area contributed by atoms with Crippen LogP contribution in [0.4, 0.5) is 0 Å². The third kappa shape index (κ3) is 3.43. The first-order chi connectivity index (χ1) is 8.11. The number of benzene rings is 1. The molecule has 92 valence electrons. The topological polar surface area (TPSA) is 20.3 Å². The summed E-state index contributed by atoms with van der Waals surface area (Å²) in [4.78, 5) is 13.7. The SMILES string of the molecule is C=CC(=O)N(CCC)C(C)c1ccccc1Br. The van der Waals surface area contributed by atoms with Gasteiger partial charge in [-0.1, -0.05) is 47.6 Å². The number of amides is 1. The summed E-state index contributed by atoms with van der Waals surface area (Å²) in [6.45, 7) is 8.41. The molecule has 0 aliphatic carbocycles. The fraction of sp³-hybridized carbons (Fsp3) is 0.357. The normalized spacial score (nSPS) is 11.9. The van der Waals surface area contributed by atoms with Crippen LogP contribution in [0.3, 0.4) is 0 Å². The Morgan fingerprint density at radius 1 is 1.53 bits per heavy atom. The monoisotopic (exact) mass is 295 g/mol. The minimum Gasteiger partial charge on any atom is -0.332 e. The van der Waals surface area contributed by atoms with E-state index in [2.05, 4.69) is 29.4 Å². The third-order valence-corrected chi connectivity index (χ3v) is 3.47. The molecule has 0 spiro atoms. The lowest BCUT2D eigenvalue weighted by molar-refractivity contribution is -0.128. The highest BCUT2D eigenvalue weighted by molar-refractivity contribution is 9.10. The van der Waals surface area contributed by atoms with Gasteiger partial charge in [-0.3, -0.25) is 4.79 Å². The van der Waals surface area contributed by atoms with E-state index in [9.17, 15) is 4.79 Å². The molecule has 3 heteroatoms. The molecule has 0 heterocycles. The Kier molecular flexibility index (Phi) is 5.42. The Hall–Kier alpha value is -1.09. The number of rotatable bonds is 5. The van der Waals surface area contributed by atoms with E-state index in [1.807, 2.05) is 36.1 Å². The molecule has 1 aromatic carbocycles. The molecule has 1 rings (SSSR count). The summed E-state index contributed by atoms with van der Waals surface area (Å²) in [5.41, 5.74) is 1.12. The van der Waals surface area contributed by atoms with Crippen molar-refractivity contribution in [3.8, 4) is 0 Å². The smallest absolute Gasteiger partial charge is 0.246 e. The van der Waals surface area contributed by atoms with Crippen molar-refractivity contribution in [3.05, 3.63) is 47.0 Å². The van der Waals surface area contributed by atoms with Crippen molar-refractivity contribution in [1.29, 1.82) is 0 Å². The predicted molar refractivity (Wildman–Crippen MR) is 74.8 cm³/mol. The van der Waals surface area contributed by atoms with Crippen molar-refractivity contribution >= 4 is 21.8 Å². The summed E-state index contributed by atoms with van der Waals surface area (Å²) in [6.07, 6.45) is 2.32. The molecule has 0 saturated carbocycles. The molecule has 0 fully saturated rings.